The number of nitrogens with one attached hydrogen (secondary N) is 2. The zero-order valence-corrected chi connectivity index (χ0v) is 16.9. The van der Waals surface area contributed by atoms with Gasteiger partial charge in [-0.15, -0.1) is 0 Å². The van der Waals surface area contributed by atoms with Crippen molar-refractivity contribution in [3.8, 4) is 5.69 Å². The van der Waals surface area contributed by atoms with Crippen LogP contribution in [0.3, 0.4) is 0 Å². The van der Waals surface area contributed by atoms with E-state index in [1.54, 1.807) is 23.0 Å². The first-order valence-corrected chi connectivity index (χ1v) is 10.7. The average molecular weight is 436 g/mol. The second kappa shape index (κ2) is 8.41. The molecule has 3 aromatic carbocycles. The lowest BCUT2D eigenvalue weighted by Gasteiger charge is -2.11. The summed E-state index contributed by atoms with van der Waals surface area (Å²) in [6.45, 7) is 0. The summed E-state index contributed by atoms with van der Waals surface area (Å²) in [5.74, 6) is -0.881. The van der Waals surface area contributed by atoms with E-state index < -0.39 is 15.8 Å². The topological polar surface area (TPSA) is 93.1 Å². The molecule has 7 nitrogen and oxygen atoms in total. The molecule has 0 radical (unpaired) electrons. The van der Waals surface area contributed by atoms with Gasteiger partial charge >= 0.3 is 0 Å². The fourth-order valence-electron chi connectivity index (χ4n) is 2.90. The molecule has 0 saturated heterocycles. The highest BCUT2D eigenvalue weighted by molar-refractivity contribution is 7.92. The Morgan fingerprint density at radius 1 is 0.871 bits per heavy atom. The van der Waals surface area contributed by atoms with Crippen molar-refractivity contribution in [3.05, 3.63) is 103 Å². The molecule has 31 heavy (non-hydrogen) atoms. The summed E-state index contributed by atoms with van der Waals surface area (Å²) in [6.07, 6.45) is 3.02. The van der Waals surface area contributed by atoms with Crippen LogP contribution < -0.4 is 10.0 Å². The Morgan fingerprint density at radius 2 is 1.52 bits per heavy atom. The Kier molecular flexibility index (Phi) is 5.50. The number of hydrogen-bond acceptors (Lipinski definition) is 4. The molecule has 1 aromatic heterocycles. The first-order valence-electron chi connectivity index (χ1n) is 9.20. The number of rotatable bonds is 6. The van der Waals surface area contributed by atoms with Crippen molar-refractivity contribution in [2.75, 3.05) is 10.0 Å². The van der Waals surface area contributed by atoms with Crippen molar-refractivity contribution in [1.29, 1.82) is 0 Å². The predicted molar refractivity (Wildman–Crippen MR) is 115 cm³/mol. The Balaban J connectivity index is 1.47. The number of aromatic nitrogens is 2. The highest BCUT2D eigenvalue weighted by Crippen LogP contribution is 2.20. The van der Waals surface area contributed by atoms with Crippen molar-refractivity contribution in [3.63, 3.8) is 0 Å². The van der Waals surface area contributed by atoms with Gasteiger partial charge in [0.05, 0.1) is 17.4 Å². The van der Waals surface area contributed by atoms with Gasteiger partial charge in [-0.3, -0.25) is 14.1 Å². The van der Waals surface area contributed by atoms with E-state index in [2.05, 4.69) is 15.0 Å². The SMILES string of the molecule is O=C(Nc1ccc(NS(=O)(=O)c2ccc(F)cc2)cc1)c1cncn1-c1ccccc1. The van der Waals surface area contributed by atoms with Crippen LogP contribution in [-0.2, 0) is 10.0 Å². The minimum absolute atomic E-state index is 0.0551. The van der Waals surface area contributed by atoms with Crippen molar-refractivity contribution < 1.29 is 17.6 Å². The molecule has 4 aromatic rings. The quantitative estimate of drug-likeness (QED) is 0.477. The molecule has 0 saturated carbocycles. The third-order valence-corrected chi connectivity index (χ3v) is 5.82. The number of para-hydroxylation sites is 1. The van der Waals surface area contributed by atoms with E-state index in [0.717, 1.165) is 17.8 Å². The van der Waals surface area contributed by atoms with Crippen LogP contribution >= 0.6 is 0 Å². The van der Waals surface area contributed by atoms with Crippen LogP contribution in [0.5, 0.6) is 0 Å². The zero-order chi connectivity index (χ0) is 21.8. The van der Waals surface area contributed by atoms with E-state index >= 15 is 0 Å². The summed E-state index contributed by atoms with van der Waals surface area (Å²) in [4.78, 5) is 16.7. The average Bonchev–Trinajstić information content (AvgIpc) is 3.26. The molecule has 0 aliphatic carbocycles. The van der Waals surface area contributed by atoms with Crippen LogP contribution in [0, 0.1) is 5.82 Å². The first-order chi connectivity index (χ1) is 14.9. The zero-order valence-electron chi connectivity index (χ0n) is 16.1. The van der Waals surface area contributed by atoms with Crippen LogP contribution in [0.1, 0.15) is 10.5 Å². The van der Waals surface area contributed by atoms with Crippen LogP contribution in [0.2, 0.25) is 0 Å². The second-order valence-corrected chi connectivity index (χ2v) is 8.26. The van der Waals surface area contributed by atoms with Gasteiger partial charge in [0, 0.05) is 17.1 Å². The number of hydrogen-bond donors (Lipinski definition) is 2. The molecule has 2 N–H and O–H groups in total. The summed E-state index contributed by atoms with van der Waals surface area (Å²) in [6, 6.07) is 20.0. The standard InChI is InChI=1S/C22H17FN4O3S/c23-16-6-12-20(13-7-16)31(29,30)26-18-10-8-17(9-11-18)25-22(28)21-14-24-15-27(21)19-4-2-1-3-5-19/h1-15,26H,(H,25,28). The summed E-state index contributed by atoms with van der Waals surface area (Å²) in [5.41, 5.74) is 1.94. The largest absolute Gasteiger partial charge is 0.321 e. The second-order valence-electron chi connectivity index (χ2n) is 6.58. The van der Waals surface area contributed by atoms with E-state index in [1.807, 2.05) is 30.3 Å². The van der Waals surface area contributed by atoms with Gasteiger partial charge in [-0.2, -0.15) is 0 Å². The fraction of sp³-hybridized carbons (Fsp3) is 0. The van der Waals surface area contributed by atoms with Crippen molar-refractivity contribution in [1.82, 2.24) is 9.55 Å². The summed E-state index contributed by atoms with van der Waals surface area (Å²) < 4.78 is 41.9. The fourth-order valence-corrected chi connectivity index (χ4v) is 3.96. The maximum absolute atomic E-state index is 13.0. The smallest absolute Gasteiger partial charge is 0.274 e. The van der Waals surface area contributed by atoms with E-state index in [-0.39, 0.29) is 10.8 Å². The van der Waals surface area contributed by atoms with Gasteiger partial charge in [0.1, 0.15) is 11.5 Å². The molecule has 0 atom stereocenters. The minimum Gasteiger partial charge on any atom is -0.321 e. The van der Waals surface area contributed by atoms with E-state index in [9.17, 15) is 17.6 Å². The van der Waals surface area contributed by atoms with Gasteiger partial charge in [-0.1, -0.05) is 18.2 Å². The van der Waals surface area contributed by atoms with Gasteiger partial charge in [0.2, 0.25) is 0 Å². The van der Waals surface area contributed by atoms with E-state index in [1.165, 1.54) is 30.5 Å². The molecular formula is C22H17FN4O3S. The van der Waals surface area contributed by atoms with Gasteiger partial charge in [0.15, 0.2) is 0 Å². The Bertz CT molecular complexity index is 1300. The molecule has 1 amide bonds. The molecule has 9 heteroatoms. The highest BCUT2D eigenvalue weighted by Gasteiger charge is 2.15. The Labute approximate surface area is 178 Å². The number of imidazole rings is 1. The van der Waals surface area contributed by atoms with Crippen LogP contribution in [0.4, 0.5) is 15.8 Å². The monoisotopic (exact) mass is 436 g/mol. The van der Waals surface area contributed by atoms with Crippen molar-refractivity contribution in [2.45, 2.75) is 4.90 Å². The van der Waals surface area contributed by atoms with Gasteiger partial charge < -0.3 is 5.32 Å². The predicted octanol–water partition coefficient (Wildman–Crippen LogP) is 4.06. The van der Waals surface area contributed by atoms with Crippen molar-refractivity contribution >= 4 is 27.3 Å². The number of carbonyl (C=O) groups is 1. The summed E-state index contributed by atoms with van der Waals surface area (Å²) >= 11 is 0. The normalized spacial score (nSPS) is 11.1. The number of carbonyl (C=O) groups excluding carboxylic acids is 1. The number of benzene rings is 3. The molecular weight excluding hydrogens is 419 g/mol. The molecule has 156 valence electrons. The number of sulfonamides is 1. The molecule has 0 aliphatic heterocycles. The third kappa shape index (κ3) is 4.62. The minimum atomic E-state index is -3.85. The van der Waals surface area contributed by atoms with Crippen molar-refractivity contribution in [2.24, 2.45) is 0 Å². The lowest BCUT2D eigenvalue weighted by molar-refractivity contribution is 0.102. The van der Waals surface area contributed by atoms with Gasteiger partial charge in [-0.25, -0.2) is 17.8 Å². The lowest BCUT2D eigenvalue weighted by Crippen LogP contribution is -2.16. The van der Waals surface area contributed by atoms with Crippen LogP contribution in [0.25, 0.3) is 5.69 Å². The summed E-state index contributed by atoms with van der Waals surface area (Å²) in [7, 11) is -3.85. The molecule has 4 rings (SSSR count). The summed E-state index contributed by atoms with van der Waals surface area (Å²) in [5, 5.41) is 2.76. The molecule has 0 aliphatic rings. The Hall–Kier alpha value is -3.98. The maximum Gasteiger partial charge on any atom is 0.274 e. The van der Waals surface area contributed by atoms with Gasteiger partial charge in [0.25, 0.3) is 15.9 Å². The molecule has 0 fully saturated rings. The van der Waals surface area contributed by atoms with Crippen LogP contribution in [-0.4, -0.2) is 23.9 Å². The first kappa shape index (κ1) is 20.3. The maximum atomic E-state index is 13.0. The Morgan fingerprint density at radius 3 is 2.19 bits per heavy atom. The molecule has 0 spiro atoms. The number of halogens is 1. The number of nitrogens with zero attached hydrogens (tertiary/aromatic N) is 2. The lowest BCUT2D eigenvalue weighted by atomic mass is 10.2. The van der Waals surface area contributed by atoms with E-state index in [0.29, 0.717) is 17.1 Å². The highest BCUT2D eigenvalue weighted by atomic mass is 32.2. The third-order valence-electron chi connectivity index (χ3n) is 4.42. The van der Waals surface area contributed by atoms with Crippen LogP contribution in [0.15, 0.2) is 96.3 Å². The molecule has 1 heterocycles. The number of anilines is 2. The number of amides is 1. The van der Waals surface area contributed by atoms with Gasteiger partial charge in [-0.05, 0) is 60.7 Å². The molecule has 0 unspecified atom stereocenters. The van der Waals surface area contributed by atoms with E-state index in [4.69, 9.17) is 0 Å². The molecule has 0 bridgehead atoms.